The van der Waals surface area contributed by atoms with Crippen molar-refractivity contribution < 1.29 is 5.11 Å². The standard InChI is InChI=1S/C13H14N4O/c18-13(9-1-2-9)7-17(8-13)11-4-3-10-12(16-11)15-6-5-14-10/h3-6,9,18H,1-2,7-8H2. The fourth-order valence-electron chi connectivity index (χ4n) is 2.68. The molecule has 1 saturated carbocycles. The van der Waals surface area contributed by atoms with Gasteiger partial charge in [0, 0.05) is 12.4 Å². The second kappa shape index (κ2) is 3.38. The lowest BCUT2D eigenvalue weighted by molar-refractivity contribution is -0.00971. The number of fused-ring (bicyclic) bond motifs is 1. The topological polar surface area (TPSA) is 62.1 Å². The van der Waals surface area contributed by atoms with Gasteiger partial charge in [0.1, 0.15) is 16.9 Å². The van der Waals surface area contributed by atoms with E-state index in [0.29, 0.717) is 24.7 Å². The Balaban J connectivity index is 1.60. The third-order valence-electron chi connectivity index (χ3n) is 3.91. The maximum absolute atomic E-state index is 10.3. The molecule has 18 heavy (non-hydrogen) atoms. The minimum atomic E-state index is -0.473. The van der Waals surface area contributed by atoms with Crippen LogP contribution in [0.25, 0.3) is 11.2 Å². The maximum Gasteiger partial charge on any atom is 0.180 e. The molecule has 3 heterocycles. The summed E-state index contributed by atoms with van der Waals surface area (Å²) in [6, 6.07) is 3.88. The Kier molecular flexibility index (Phi) is 1.92. The van der Waals surface area contributed by atoms with Crippen molar-refractivity contribution in [3.63, 3.8) is 0 Å². The fraction of sp³-hybridized carbons (Fsp3) is 0.462. The summed E-state index contributed by atoms with van der Waals surface area (Å²) in [4.78, 5) is 15.0. The van der Waals surface area contributed by atoms with E-state index in [1.54, 1.807) is 12.4 Å². The van der Waals surface area contributed by atoms with E-state index < -0.39 is 5.60 Å². The molecule has 2 aromatic rings. The van der Waals surface area contributed by atoms with E-state index in [-0.39, 0.29) is 0 Å². The smallest absolute Gasteiger partial charge is 0.180 e. The number of hydrogen-bond acceptors (Lipinski definition) is 5. The summed E-state index contributed by atoms with van der Waals surface area (Å²) >= 11 is 0. The monoisotopic (exact) mass is 242 g/mol. The van der Waals surface area contributed by atoms with Gasteiger partial charge in [-0.05, 0) is 30.9 Å². The average molecular weight is 242 g/mol. The van der Waals surface area contributed by atoms with E-state index in [0.717, 1.165) is 11.3 Å². The predicted molar refractivity (Wildman–Crippen MR) is 67.2 cm³/mol. The van der Waals surface area contributed by atoms with E-state index in [2.05, 4.69) is 19.9 Å². The van der Waals surface area contributed by atoms with Crippen LogP contribution < -0.4 is 4.90 Å². The lowest BCUT2D eigenvalue weighted by Crippen LogP contribution is -2.63. The Morgan fingerprint density at radius 3 is 2.72 bits per heavy atom. The molecular formula is C13H14N4O. The highest BCUT2D eigenvalue weighted by Crippen LogP contribution is 2.45. The zero-order chi connectivity index (χ0) is 12.2. The molecule has 2 aromatic heterocycles. The Bertz CT molecular complexity index is 605. The molecule has 0 atom stereocenters. The number of nitrogens with zero attached hydrogens (tertiary/aromatic N) is 4. The molecule has 0 radical (unpaired) electrons. The molecule has 0 amide bonds. The largest absolute Gasteiger partial charge is 0.386 e. The quantitative estimate of drug-likeness (QED) is 0.850. The van der Waals surface area contributed by atoms with Crippen LogP contribution in [0.15, 0.2) is 24.5 Å². The molecule has 1 saturated heterocycles. The highest BCUT2D eigenvalue weighted by atomic mass is 16.3. The number of rotatable bonds is 2. The van der Waals surface area contributed by atoms with Crippen molar-refractivity contribution in [2.45, 2.75) is 18.4 Å². The molecule has 1 N–H and O–H groups in total. The molecule has 1 aliphatic carbocycles. The van der Waals surface area contributed by atoms with Crippen LogP contribution in [-0.2, 0) is 0 Å². The summed E-state index contributed by atoms with van der Waals surface area (Å²) in [6.45, 7) is 1.38. The summed E-state index contributed by atoms with van der Waals surface area (Å²) in [5, 5.41) is 10.3. The van der Waals surface area contributed by atoms with Crippen molar-refractivity contribution in [2.75, 3.05) is 18.0 Å². The lowest BCUT2D eigenvalue weighted by atomic mass is 9.89. The number of hydrogen-bond donors (Lipinski definition) is 1. The van der Waals surface area contributed by atoms with E-state index in [1.165, 1.54) is 12.8 Å². The first-order valence-electron chi connectivity index (χ1n) is 6.30. The van der Waals surface area contributed by atoms with Crippen LogP contribution in [0.1, 0.15) is 12.8 Å². The number of aliphatic hydroxyl groups is 1. The van der Waals surface area contributed by atoms with Crippen molar-refractivity contribution >= 4 is 17.0 Å². The van der Waals surface area contributed by atoms with Crippen molar-refractivity contribution in [2.24, 2.45) is 5.92 Å². The number of pyridine rings is 1. The van der Waals surface area contributed by atoms with Crippen molar-refractivity contribution in [1.82, 2.24) is 15.0 Å². The molecule has 1 aliphatic heterocycles. The second-order valence-corrected chi connectivity index (χ2v) is 5.30. The van der Waals surface area contributed by atoms with Gasteiger partial charge < -0.3 is 10.0 Å². The van der Waals surface area contributed by atoms with Gasteiger partial charge in [-0.25, -0.2) is 9.97 Å². The Morgan fingerprint density at radius 1 is 1.17 bits per heavy atom. The summed E-state index contributed by atoms with van der Waals surface area (Å²) in [7, 11) is 0. The first-order chi connectivity index (χ1) is 8.74. The van der Waals surface area contributed by atoms with E-state index in [1.807, 2.05) is 12.1 Å². The van der Waals surface area contributed by atoms with Gasteiger partial charge in [0.05, 0.1) is 13.1 Å². The van der Waals surface area contributed by atoms with Crippen LogP contribution in [0.2, 0.25) is 0 Å². The molecular weight excluding hydrogens is 228 g/mol. The second-order valence-electron chi connectivity index (χ2n) is 5.30. The predicted octanol–water partition coefficient (Wildman–Crippen LogP) is 0.986. The van der Waals surface area contributed by atoms with Crippen molar-refractivity contribution in [1.29, 1.82) is 0 Å². The molecule has 2 aliphatic rings. The summed E-state index contributed by atoms with van der Waals surface area (Å²) in [6.07, 6.45) is 5.65. The average Bonchev–Trinajstić information content (AvgIpc) is 3.19. The zero-order valence-electron chi connectivity index (χ0n) is 9.95. The van der Waals surface area contributed by atoms with Gasteiger partial charge in [0.15, 0.2) is 5.65 Å². The maximum atomic E-state index is 10.3. The number of anilines is 1. The van der Waals surface area contributed by atoms with Gasteiger partial charge in [0.25, 0.3) is 0 Å². The van der Waals surface area contributed by atoms with Gasteiger partial charge >= 0.3 is 0 Å². The van der Waals surface area contributed by atoms with Gasteiger partial charge in [-0.3, -0.25) is 4.98 Å². The normalized spacial score (nSPS) is 21.9. The van der Waals surface area contributed by atoms with Crippen LogP contribution >= 0.6 is 0 Å². The van der Waals surface area contributed by atoms with Gasteiger partial charge in [-0.1, -0.05) is 0 Å². The lowest BCUT2D eigenvalue weighted by Gasteiger charge is -2.47. The Hall–Kier alpha value is -1.75. The summed E-state index contributed by atoms with van der Waals surface area (Å²) < 4.78 is 0. The summed E-state index contributed by atoms with van der Waals surface area (Å²) in [5.41, 5.74) is 0.995. The highest BCUT2D eigenvalue weighted by molar-refractivity contribution is 5.72. The first kappa shape index (κ1) is 10.2. The van der Waals surface area contributed by atoms with Gasteiger partial charge in [-0.15, -0.1) is 0 Å². The third kappa shape index (κ3) is 1.47. The molecule has 92 valence electrons. The molecule has 4 rings (SSSR count). The van der Waals surface area contributed by atoms with E-state index in [4.69, 9.17) is 0 Å². The van der Waals surface area contributed by atoms with Gasteiger partial charge in [0.2, 0.25) is 0 Å². The Morgan fingerprint density at radius 2 is 1.94 bits per heavy atom. The molecule has 5 nitrogen and oxygen atoms in total. The minimum absolute atomic E-state index is 0.473. The summed E-state index contributed by atoms with van der Waals surface area (Å²) in [5.74, 6) is 1.39. The minimum Gasteiger partial charge on any atom is -0.386 e. The molecule has 5 heteroatoms. The molecule has 0 unspecified atom stereocenters. The van der Waals surface area contributed by atoms with Crippen LogP contribution in [-0.4, -0.2) is 38.7 Å². The number of aromatic nitrogens is 3. The van der Waals surface area contributed by atoms with Crippen molar-refractivity contribution in [3.8, 4) is 0 Å². The number of β-amino-alcohol motifs (C(OH)–C–C–N with tert-alkyl or cyclic N) is 1. The molecule has 0 aromatic carbocycles. The highest BCUT2D eigenvalue weighted by Gasteiger charge is 2.52. The van der Waals surface area contributed by atoms with Crippen LogP contribution in [0.4, 0.5) is 5.82 Å². The third-order valence-corrected chi connectivity index (χ3v) is 3.91. The van der Waals surface area contributed by atoms with Gasteiger partial charge in [-0.2, -0.15) is 0 Å². The first-order valence-corrected chi connectivity index (χ1v) is 6.30. The molecule has 0 spiro atoms. The van der Waals surface area contributed by atoms with Crippen LogP contribution in [0.3, 0.4) is 0 Å². The van der Waals surface area contributed by atoms with Crippen LogP contribution in [0.5, 0.6) is 0 Å². The van der Waals surface area contributed by atoms with Crippen LogP contribution in [0, 0.1) is 5.92 Å². The molecule has 2 fully saturated rings. The fourth-order valence-corrected chi connectivity index (χ4v) is 2.68. The van der Waals surface area contributed by atoms with E-state index in [9.17, 15) is 5.11 Å². The zero-order valence-corrected chi connectivity index (χ0v) is 9.95. The van der Waals surface area contributed by atoms with Crippen molar-refractivity contribution in [3.05, 3.63) is 24.5 Å². The van der Waals surface area contributed by atoms with E-state index >= 15 is 0 Å². The SMILES string of the molecule is OC1(C2CC2)CN(c2ccc3nccnc3n2)C1. The Labute approximate surface area is 105 Å². The molecule has 0 bridgehead atoms.